The van der Waals surface area contributed by atoms with Crippen LogP contribution in [0.1, 0.15) is 65.1 Å². The predicted octanol–water partition coefficient (Wildman–Crippen LogP) is 4.29. The quantitative estimate of drug-likeness (QED) is 0.613. The molecule has 3 heterocycles. The van der Waals surface area contributed by atoms with Gasteiger partial charge in [-0.2, -0.15) is 0 Å². The van der Waals surface area contributed by atoms with Gasteiger partial charge in [-0.15, -0.1) is 0 Å². The van der Waals surface area contributed by atoms with Crippen LogP contribution in [0.3, 0.4) is 0 Å². The normalized spacial score (nSPS) is 18.1. The van der Waals surface area contributed by atoms with E-state index in [2.05, 4.69) is 27.5 Å². The number of amides is 2. The van der Waals surface area contributed by atoms with Gasteiger partial charge in [-0.25, -0.2) is 4.98 Å². The highest BCUT2D eigenvalue weighted by molar-refractivity contribution is 6.05. The lowest BCUT2D eigenvalue weighted by Crippen LogP contribution is -2.36. The van der Waals surface area contributed by atoms with Crippen molar-refractivity contribution in [2.24, 2.45) is 0 Å². The van der Waals surface area contributed by atoms with Crippen LogP contribution in [0.25, 0.3) is 0 Å². The number of nitrogens with one attached hydrogen (secondary N) is 2. The summed E-state index contributed by atoms with van der Waals surface area (Å²) in [6.45, 7) is 8.47. The van der Waals surface area contributed by atoms with Crippen molar-refractivity contribution in [2.75, 3.05) is 5.32 Å². The van der Waals surface area contributed by atoms with Crippen molar-refractivity contribution >= 4 is 17.6 Å². The zero-order valence-corrected chi connectivity index (χ0v) is 18.9. The van der Waals surface area contributed by atoms with Crippen molar-refractivity contribution in [1.82, 2.24) is 15.3 Å². The summed E-state index contributed by atoms with van der Waals surface area (Å²) in [4.78, 5) is 34.3. The Morgan fingerprint density at radius 1 is 1.19 bits per heavy atom. The van der Waals surface area contributed by atoms with Crippen molar-refractivity contribution < 1.29 is 9.59 Å². The average Bonchev–Trinajstić information content (AvgIpc) is 3.07. The molecule has 1 aromatic carbocycles. The summed E-state index contributed by atoms with van der Waals surface area (Å²) >= 11 is 0. The van der Waals surface area contributed by atoms with Crippen LogP contribution in [0.5, 0.6) is 0 Å². The number of carbonyl (C=O) groups excluding carboxylic acids is 2. The summed E-state index contributed by atoms with van der Waals surface area (Å²) in [5.41, 5.74) is 4.78. The van der Waals surface area contributed by atoms with Gasteiger partial charge in [0.15, 0.2) is 0 Å². The Hall–Kier alpha value is -3.54. The van der Waals surface area contributed by atoms with Crippen LogP contribution in [-0.2, 0) is 23.2 Å². The Kier molecular flexibility index (Phi) is 5.78. The number of pyridine rings is 2. The molecule has 2 N–H and O–H groups in total. The van der Waals surface area contributed by atoms with Gasteiger partial charge in [0.25, 0.3) is 5.91 Å². The fourth-order valence-corrected chi connectivity index (χ4v) is 4.35. The molecule has 0 spiro atoms. The minimum absolute atomic E-state index is 0.0559. The molecule has 0 radical (unpaired) electrons. The second-order valence-corrected chi connectivity index (χ2v) is 8.54. The average molecular weight is 429 g/mol. The lowest BCUT2D eigenvalue weighted by molar-refractivity contribution is -0.120. The third-order valence-corrected chi connectivity index (χ3v) is 6.49. The summed E-state index contributed by atoms with van der Waals surface area (Å²) in [6.07, 6.45) is 2.54. The van der Waals surface area contributed by atoms with Crippen molar-refractivity contribution in [1.29, 1.82) is 0 Å². The molecular formula is C26H28N4O2. The maximum atomic E-state index is 12.8. The van der Waals surface area contributed by atoms with E-state index >= 15 is 0 Å². The minimum Gasteiger partial charge on any atom is -0.348 e. The van der Waals surface area contributed by atoms with E-state index in [4.69, 9.17) is 0 Å². The van der Waals surface area contributed by atoms with Crippen LogP contribution < -0.4 is 10.6 Å². The number of aryl methyl sites for hydroxylation is 2. The lowest BCUT2D eigenvalue weighted by Gasteiger charge is -2.30. The van der Waals surface area contributed by atoms with Crippen LogP contribution in [0.15, 0.2) is 54.7 Å². The minimum atomic E-state index is -0.719. The standard InChI is InChI=1S/C26H28N4O2/c1-5-21-14-18(13-16(2)29-21)15-28-24(31)20-10-8-19(9-11-20)17(3)26(4)22-7-6-12-27-23(22)30-25(26)32/h6-14,17H,5,15H2,1-4H3,(H,28,31)(H,27,30,32)/t17-,26-/m1/s1. The Labute approximate surface area is 188 Å². The van der Waals surface area contributed by atoms with E-state index in [1.54, 1.807) is 6.20 Å². The van der Waals surface area contributed by atoms with Crippen LogP contribution in [-0.4, -0.2) is 21.8 Å². The number of anilines is 1. The molecule has 6 heteroatoms. The fourth-order valence-electron chi connectivity index (χ4n) is 4.35. The van der Waals surface area contributed by atoms with Crippen molar-refractivity contribution in [3.8, 4) is 0 Å². The van der Waals surface area contributed by atoms with Gasteiger partial charge in [-0.3, -0.25) is 14.6 Å². The number of benzene rings is 1. The van der Waals surface area contributed by atoms with E-state index < -0.39 is 5.41 Å². The maximum absolute atomic E-state index is 12.8. The number of hydrogen-bond donors (Lipinski definition) is 2. The summed E-state index contributed by atoms with van der Waals surface area (Å²) in [6, 6.07) is 15.3. The molecule has 6 nitrogen and oxygen atoms in total. The zero-order chi connectivity index (χ0) is 22.9. The monoisotopic (exact) mass is 428 g/mol. The molecule has 4 rings (SSSR count). The van der Waals surface area contributed by atoms with E-state index in [9.17, 15) is 9.59 Å². The molecule has 2 atom stereocenters. The molecular weight excluding hydrogens is 400 g/mol. The van der Waals surface area contributed by atoms with E-state index in [0.717, 1.165) is 34.5 Å². The van der Waals surface area contributed by atoms with Gasteiger partial charge in [0.05, 0.1) is 5.41 Å². The summed E-state index contributed by atoms with van der Waals surface area (Å²) < 4.78 is 0. The Balaban J connectivity index is 1.48. The number of nitrogens with zero attached hydrogens (tertiary/aromatic N) is 2. The van der Waals surface area contributed by atoms with E-state index in [1.807, 2.05) is 69.3 Å². The van der Waals surface area contributed by atoms with Crippen LogP contribution >= 0.6 is 0 Å². The molecule has 0 saturated heterocycles. The molecule has 32 heavy (non-hydrogen) atoms. The van der Waals surface area contributed by atoms with Crippen molar-refractivity contribution in [3.05, 3.63) is 88.4 Å². The first-order valence-corrected chi connectivity index (χ1v) is 10.9. The summed E-state index contributed by atoms with van der Waals surface area (Å²) in [7, 11) is 0. The van der Waals surface area contributed by atoms with Crippen molar-refractivity contribution in [3.63, 3.8) is 0 Å². The van der Waals surface area contributed by atoms with Gasteiger partial charge >= 0.3 is 0 Å². The van der Waals surface area contributed by atoms with Gasteiger partial charge in [-0.05, 0) is 67.6 Å². The van der Waals surface area contributed by atoms with Gasteiger partial charge < -0.3 is 10.6 Å². The smallest absolute Gasteiger partial charge is 0.251 e. The first-order valence-electron chi connectivity index (χ1n) is 10.9. The number of hydrogen-bond acceptors (Lipinski definition) is 4. The SMILES string of the molecule is CCc1cc(CNC(=O)c2ccc([C@@H](C)[C@@]3(C)C(=O)Nc4ncccc43)cc2)cc(C)n1. The van der Waals surface area contributed by atoms with E-state index in [1.165, 1.54) is 0 Å². The largest absolute Gasteiger partial charge is 0.348 e. The molecule has 0 bridgehead atoms. The lowest BCUT2D eigenvalue weighted by atomic mass is 9.71. The second-order valence-electron chi connectivity index (χ2n) is 8.54. The predicted molar refractivity (Wildman–Crippen MR) is 125 cm³/mol. The highest BCUT2D eigenvalue weighted by Gasteiger charge is 2.47. The number of carbonyl (C=O) groups is 2. The van der Waals surface area contributed by atoms with Gasteiger partial charge in [-0.1, -0.05) is 32.0 Å². The van der Waals surface area contributed by atoms with Crippen molar-refractivity contribution in [2.45, 2.75) is 52.0 Å². The third-order valence-electron chi connectivity index (χ3n) is 6.49. The molecule has 1 aliphatic heterocycles. The van der Waals surface area contributed by atoms with Crippen LogP contribution in [0.4, 0.5) is 5.82 Å². The molecule has 2 aromatic heterocycles. The van der Waals surface area contributed by atoms with Gasteiger partial charge in [0, 0.05) is 35.3 Å². The molecule has 1 aliphatic rings. The van der Waals surface area contributed by atoms with Gasteiger partial charge in [0.1, 0.15) is 5.82 Å². The van der Waals surface area contributed by atoms with Crippen LogP contribution in [0.2, 0.25) is 0 Å². The second kappa shape index (κ2) is 8.54. The summed E-state index contributed by atoms with van der Waals surface area (Å²) in [5, 5.41) is 5.88. The van der Waals surface area contributed by atoms with Gasteiger partial charge in [0.2, 0.25) is 5.91 Å². The Morgan fingerprint density at radius 3 is 2.66 bits per heavy atom. The molecule has 164 valence electrons. The van der Waals surface area contributed by atoms with E-state index in [-0.39, 0.29) is 17.7 Å². The molecule has 3 aromatic rings. The summed E-state index contributed by atoms with van der Waals surface area (Å²) in [5.74, 6) is 0.355. The molecule has 0 saturated carbocycles. The number of fused-ring (bicyclic) bond motifs is 1. The Morgan fingerprint density at radius 2 is 1.94 bits per heavy atom. The fraction of sp³-hybridized carbons (Fsp3) is 0.308. The highest BCUT2D eigenvalue weighted by atomic mass is 16.2. The zero-order valence-electron chi connectivity index (χ0n) is 18.9. The first kappa shape index (κ1) is 21.7. The topological polar surface area (TPSA) is 84.0 Å². The first-order chi connectivity index (χ1) is 15.3. The number of aromatic nitrogens is 2. The molecule has 0 fully saturated rings. The molecule has 0 unspecified atom stereocenters. The Bertz CT molecular complexity index is 1170. The number of rotatable bonds is 6. The highest BCUT2D eigenvalue weighted by Crippen LogP contribution is 2.45. The van der Waals surface area contributed by atoms with Crippen LogP contribution in [0, 0.1) is 6.92 Å². The molecule has 2 amide bonds. The van der Waals surface area contributed by atoms with E-state index in [0.29, 0.717) is 17.9 Å². The third kappa shape index (κ3) is 3.88. The maximum Gasteiger partial charge on any atom is 0.251 e. The molecule has 0 aliphatic carbocycles.